The van der Waals surface area contributed by atoms with E-state index < -0.39 is 32.9 Å². The SMILES string of the molecule is Cc1ccc(S(=O)(=O)N2c3ccccc3[C@@H]([N+](=O)[O-])[C@@H]2[C@H]2CCCCC2=O)cc1. The van der Waals surface area contributed by atoms with Gasteiger partial charge in [0.05, 0.1) is 16.1 Å². The first-order chi connectivity index (χ1) is 13.8. The first-order valence-corrected chi connectivity index (χ1v) is 11.1. The molecule has 0 bridgehead atoms. The van der Waals surface area contributed by atoms with Crippen molar-refractivity contribution in [3.8, 4) is 0 Å². The zero-order chi connectivity index (χ0) is 20.8. The fraction of sp³-hybridized carbons (Fsp3) is 0.381. The summed E-state index contributed by atoms with van der Waals surface area (Å²) in [7, 11) is -4.08. The molecular formula is C21H22N2O5S. The number of aryl methyl sites for hydroxylation is 1. The lowest BCUT2D eigenvalue weighted by Crippen LogP contribution is -2.48. The number of fused-ring (bicyclic) bond motifs is 1. The Morgan fingerprint density at radius 1 is 1.07 bits per heavy atom. The smallest absolute Gasteiger partial charge is 0.264 e. The van der Waals surface area contributed by atoms with Crippen molar-refractivity contribution >= 4 is 21.5 Å². The zero-order valence-electron chi connectivity index (χ0n) is 16.0. The summed E-state index contributed by atoms with van der Waals surface area (Å²) in [5, 5.41) is 12.1. The molecule has 2 aromatic rings. The molecule has 152 valence electrons. The quantitative estimate of drug-likeness (QED) is 0.562. The highest BCUT2D eigenvalue weighted by Gasteiger charge is 2.55. The fourth-order valence-corrected chi connectivity index (χ4v) is 6.23. The third-order valence-electron chi connectivity index (χ3n) is 5.91. The summed E-state index contributed by atoms with van der Waals surface area (Å²) in [6.45, 7) is 1.85. The van der Waals surface area contributed by atoms with E-state index in [1.807, 2.05) is 6.92 Å². The minimum absolute atomic E-state index is 0.0650. The maximum Gasteiger partial charge on any atom is 0.264 e. The van der Waals surface area contributed by atoms with E-state index >= 15 is 0 Å². The van der Waals surface area contributed by atoms with Gasteiger partial charge in [-0.2, -0.15) is 0 Å². The molecule has 1 saturated carbocycles. The summed E-state index contributed by atoms with van der Waals surface area (Å²) in [5.74, 6) is -0.781. The molecular weight excluding hydrogens is 392 g/mol. The number of ketones is 1. The van der Waals surface area contributed by atoms with Crippen LogP contribution >= 0.6 is 0 Å². The molecule has 0 N–H and O–H groups in total. The number of nitro groups is 1. The van der Waals surface area contributed by atoms with Crippen molar-refractivity contribution in [1.82, 2.24) is 0 Å². The van der Waals surface area contributed by atoms with Crippen molar-refractivity contribution in [2.75, 3.05) is 4.31 Å². The monoisotopic (exact) mass is 414 g/mol. The van der Waals surface area contributed by atoms with Gasteiger partial charge >= 0.3 is 0 Å². The molecule has 2 aromatic carbocycles. The largest absolute Gasteiger partial charge is 0.299 e. The predicted molar refractivity (Wildman–Crippen MR) is 108 cm³/mol. The fourth-order valence-electron chi connectivity index (χ4n) is 4.52. The maximum atomic E-state index is 13.6. The van der Waals surface area contributed by atoms with E-state index in [0.717, 1.165) is 22.7 Å². The van der Waals surface area contributed by atoms with E-state index in [1.54, 1.807) is 36.4 Å². The Morgan fingerprint density at radius 3 is 2.41 bits per heavy atom. The zero-order valence-corrected chi connectivity index (χ0v) is 16.8. The Morgan fingerprint density at radius 2 is 1.76 bits per heavy atom. The highest BCUT2D eigenvalue weighted by molar-refractivity contribution is 7.92. The van der Waals surface area contributed by atoms with Crippen molar-refractivity contribution in [1.29, 1.82) is 0 Å². The van der Waals surface area contributed by atoms with E-state index in [0.29, 0.717) is 18.4 Å². The van der Waals surface area contributed by atoms with Gasteiger partial charge in [-0.05, 0) is 44.0 Å². The normalized spacial score (nSPS) is 24.4. The molecule has 4 rings (SSSR count). The number of Topliss-reactive ketones (excluding diaryl/α,β-unsaturated/α-hetero) is 1. The van der Waals surface area contributed by atoms with Crippen LogP contribution in [-0.4, -0.2) is 25.2 Å². The average molecular weight is 414 g/mol. The molecule has 1 aliphatic heterocycles. The molecule has 1 heterocycles. The Balaban J connectivity index is 1.91. The van der Waals surface area contributed by atoms with E-state index in [4.69, 9.17) is 0 Å². The van der Waals surface area contributed by atoms with Crippen LogP contribution < -0.4 is 4.31 Å². The van der Waals surface area contributed by atoms with Crippen molar-refractivity contribution in [3.05, 3.63) is 69.8 Å². The molecule has 0 spiro atoms. The lowest BCUT2D eigenvalue weighted by molar-refractivity contribution is -0.531. The minimum Gasteiger partial charge on any atom is -0.299 e. The Hall–Kier alpha value is -2.74. The van der Waals surface area contributed by atoms with Crippen LogP contribution in [0.4, 0.5) is 5.69 Å². The summed E-state index contributed by atoms with van der Waals surface area (Å²) < 4.78 is 28.4. The second-order valence-corrected chi connectivity index (χ2v) is 9.53. The number of hydrogen-bond donors (Lipinski definition) is 0. The molecule has 3 atom stereocenters. The third-order valence-corrected chi connectivity index (χ3v) is 7.73. The Bertz CT molecular complexity index is 1060. The number of hydrogen-bond acceptors (Lipinski definition) is 5. The number of benzene rings is 2. The first kappa shape index (κ1) is 19.6. The van der Waals surface area contributed by atoms with Crippen LogP contribution in [0.1, 0.15) is 42.9 Å². The second kappa shape index (κ2) is 7.26. The number of carbonyl (C=O) groups excluding carboxylic acids is 1. The molecule has 0 saturated heterocycles. The maximum absolute atomic E-state index is 13.6. The molecule has 7 nitrogen and oxygen atoms in total. The van der Waals surface area contributed by atoms with Gasteiger partial charge in [-0.15, -0.1) is 0 Å². The highest BCUT2D eigenvalue weighted by atomic mass is 32.2. The van der Waals surface area contributed by atoms with Gasteiger partial charge in [-0.25, -0.2) is 8.42 Å². The van der Waals surface area contributed by atoms with Crippen LogP contribution in [0.5, 0.6) is 0 Å². The molecule has 29 heavy (non-hydrogen) atoms. The van der Waals surface area contributed by atoms with Gasteiger partial charge in [0.25, 0.3) is 16.1 Å². The van der Waals surface area contributed by atoms with Crippen molar-refractivity contribution in [3.63, 3.8) is 0 Å². The first-order valence-electron chi connectivity index (χ1n) is 9.68. The topological polar surface area (TPSA) is 97.6 Å². The van der Waals surface area contributed by atoms with E-state index in [2.05, 4.69) is 0 Å². The molecule has 0 radical (unpaired) electrons. The standard InChI is InChI=1S/C21H22N2O5S/c1-14-10-12-15(13-11-14)29(27,28)22-18-8-4-2-6-16(18)21(23(25)26)20(22)17-7-3-5-9-19(17)24/h2,4,6,8,10-13,17,20-21H,3,5,7,9H2,1H3/t17-,20-,21+/m0/s1. The van der Waals surface area contributed by atoms with Crippen LogP contribution in [-0.2, 0) is 14.8 Å². The second-order valence-electron chi connectivity index (χ2n) is 7.71. The van der Waals surface area contributed by atoms with Crippen LogP contribution in [0.2, 0.25) is 0 Å². The van der Waals surface area contributed by atoms with Crippen molar-refractivity contribution in [2.24, 2.45) is 5.92 Å². The molecule has 0 aromatic heterocycles. The van der Waals surface area contributed by atoms with Gasteiger partial charge in [0.1, 0.15) is 11.8 Å². The lowest BCUT2D eigenvalue weighted by atomic mass is 9.80. The molecule has 1 aliphatic carbocycles. The van der Waals surface area contributed by atoms with Crippen molar-refractivity contribution < 1.29 is 18.1 Å². The summed E-state index contributed by atoms with van der Waals surface area (Å²) in [6, 6.07) is 10.6. The number of nitrogens with zero attached hydrogens (tertiary/aromatic N) is 2. The van der Waals surface area contributed by atoms with Gasteiger partial charge in [0.2, 0.25) is 0 Å². The summed E-state index contributed by atoms with van der Waals surface area (Å²) in [4.78, 5) is 24.4. The number of para-hydroxylation sites is 1. The van der Waals surface area contributed by atoms with Crippen LogP contribution in [0.3, 0.4) is 0 Å². The van der Waals surface area contributed by atoms with Crippen molar-refractivity contribution in [2.45, 2.75) is 49.6 Å². The van der Waals surface area contributed by atoms with Gasteiger partial charge < -0.3 is 0 Å². The number of rotatable bonds is 4. The minimum atomic E-state index is -4.08. The number of anilines is 1. The molecule has 0 amide bonds. The lowest BCUT2D eigenvalue weighted by Gasteiger charge is -2.34. The highest BCUT2D eigenvalue weighted by Crippen LogP contribution is 2.48. The third kappa shape index (κ3) is 3.21. The average Bonchev–Trinajstić information content (AvgIpc) is 3.04. The molecule has 0 unspecified atom stereocenters. The van der Waals surface area contributed by atoms with Gasteiger partial charge in [0, 0.05) is 17.3 Å². The van der Waals surface area contributed by atoms with Crippen LogP contribution in [0, 0.1) is 23.0 Å². The molecule has 2 aliphatic rings. The van der Waals surface area contributed by atoms with Gasteiger partial charge in [-0.1, -0.05) is 36.2 Å². The summed E-state index contributed by atoms with van der Waals surface area (Å²) >= 11 is 0. The van der Waals surface area contributed by atoms with Crippen LogP contribution in [0.15, 0.2) is 53.4 Å². The van der Waals surface area contributed by atoms with Gasteiger partial charge in [-0.3, -0.25) is 19.2 Å². The number of sulfonamides is 1. The van der Waals surface area contributed by atoms with Gasteiger partial charge in [0.15, 0.2) is 0 Å². The number of carbonyl (C=O) groups is 1. The summed E-state index contributed by atoms with van der Waals surface area (Å²) in [5.41, 5.74) is 1.54. The predicted octanol–water partition coefficient (Wildman–Crippen LogP) is 3.65. The molecule has 8 heteroatoms. The Labute approximate surface area is 169 Å². The summed E-state index contributed by atoms with van der Waals surface area (Å²) in [6.07, 6.45) is 2.29. The van der Waals surface area contributed by atoms with Crippen LogP contribution in [0.25, 0.3) is 0 Å². The van der Waals surface area contributed by atoms with E-state index in [-0.39, 0.29) is 16.4 Å². The van der Waals surface area contributed by atoms with E-state index in [1.165, 1.54) is 12.1 Å². The molecule has 1 fully saturated rings. The Kier molecular flexibility index (Phi) is 4.90. The van der Waals surface area contributed by atoms with E-state index in [9.17, 15) is 23.3 Å².